The van der Waals surface area contributed by atoms with Crippen molar-refractivity contribution in [3.05, 3.63) is 58.7 Å². The largest absolute Gasteiger partial charge is 0.504 e. The van der Waals surface area contributed by atoms with E-state index in [0.717, 1.165) is 11.1 Å². The first-order chi connectivity index (χ1) is 15.0. The molecule has 7 rings (SSSR count). The summed E-state index contributed by atoms with van der Waals surface area (Å²) in [5.74, 6) is -0.164. The first kappa shape index (κ1) is 17.7. The molecule has 3 N–H and O–H groups in total. The van der Waals surface area contributed by atoms with Crippen molar-refractivity contribution < 1.29 is 24.5 Å². The van der Waals surface area contributed by atoms with Crippen LogP contribution in [-0.4, -0.2) is 57.3 Å². The summed E-state index contributed by atoms with van der Waals surface area (Å²) in [6.07, 6.45) is 1.59. The van der Waals surface area contributed by atoms with Gasteiger partial charge in [-0.15, -0.1) is 0 Å². The SMILES string of the molecule is O=C1c2ccccc2C(=O)N1[C@@H]1CC[C@@]2(O)[C@@H]3Cc4ccc(O)c5c4[C@@]2(CCN3)[C@H]1O5. The summed E-state index contributed by atoms with van der Waals surface area (Å²) in [6, 6.07) is 9.80. The first-order valence-corrected chi connectivity index (χ1v) is 10.9. The van der Waals surface area contributed by atoms with E-state index in [1.165, 1.54) is 4.90 Å². The van der Waals surface area contributed by atoms with Gasteiger partial charge >= 0.3 is 0 Å². The van der Waals surface area contributed by atoms with Gasteiger partial charge < -0.3 is 20.3 Å². The molecule has 7 heteroatoms. The molecule has 2 amide bonds. The van der Waals surface area contributed by atoms with E-state index in [9.17, 15) is 19.8 Å². The number of phenols is 1. The van der Waals surface area contributed by atoms with E-state index in [2.05, 4.69) is 5.32 Å². The molecule has 1 saturated carbocycles. The number of phenolic OH excluding ortho intramolecular Hbond substituents is 1. The molecule has 3 aliphatic heterocycles. The molecule has 0 unspecified atom stereocenters. The molecule has 31 heavy (non-hydrogen) atoms. The van der Waals surface area contributed by atoms with Crippen LogP contribution < -0.4 is 10.1 Å². The molecule has 2 bridgehead atoms. The molecule has 0 radical (unpaired) electrons. The monoisotopic (exact) mass is 418 g/mol. The lowest BCUT2D eigenvalue weighted by molar-refractivity contribution is -0.164. The van der Waals surface area contributed by atoms with Crippen LogP contribution in [0.4, 0.5) is 0 Å². The van der Waals surface area contributed by atoms with Crippen LogP contribution in [-0.2, 0) is 11.8 Å². The predicted octanol–water partition coefficient (Wildman–Crippen LogP) is 1.50. The van der Waals surface area contributed by atoms with E-state index in [1.54, 1.807) is 30.3 Å². The smallest absolute Gasteiger partial charge is 0.261 e. The minimum Gasteiger partial charge on any atom is -0.504 e. The van der Waals surface area contributed by atoms with Crippen molar-refractivity contribution in [2.45, 2.75) is 54.9 Å². The molecule has 1 saturated heterocycles. The van der Waals surface area contributed by atoms with Gasteiger partial charge in [0.05, 0.1) is 28.2 Å². The minimum absolute atomic E-state index is 0.0444. The summed E-state index contributed by atoms with van der Waals surface area (Å²) in [7, 11) is 0. The Balaban J connectivity index is 1.42. The Labute approximate surface area is 178 Å². The number of piperidine rings is 1. The number of rotatable bonds is 1. The van der Waals surface area contributed by atoms with Crippen molar-refractivity contribution in [2.75, 3.05) is 6.54 Å². The van der Waals surface area contributed by atoms with Gasteiger partial charge in [-0.05, 0) is 56.0 Å². The number of nitrogens with zero attached hydrogens (tertiary/aromatic N) is 1. The zero-order valence-electron chi connectivity index (χ0n) is 16.8. The fourth-order valence-electron chi connectivity index (χ4n) is 7.19. The van der Waals surface area contributed by atoms with Crippen LogP contribution in [0, 0.1) is 0 Å². The van der Waals surface area contributed by atoms with Crippen molar-refractivity contribution in [3.63, 3.8) is 0 Å². The molecule has 158 valence electrons. The lowest BCUT2D eigenvalue weighted by atomic mass is 9.48. The van der Waals surface area contributed by atoms with Crippen molar-refractivity contribution in [2.24, 2.45) is 0 Å². The Kier molecular flexibility index (Phi) is 3.13. The van der Waals surface area contributed by atoms with Gasteiger partial charge in [-0.2, -0.15) is 0 Å². The maximum atomic E-state index is 13.3. The number of amides is 2. The number of hydrogen-bond donors (Lipinski definition) is 3. The Bertz CT molecular complexity index is 1160. The number of benzene rings is 2. The maximum absolute atomic E-state index is 13.3. The molecule has 5 aliphatic rings. The molecule has 2 aromatic carbocycles. The molecule has 5 atom stereocenters. The topological polar surface area (TPSA) is 99.1 Å². The molecule has 2 aromatic rings. The highest BCUT2D eigenvalue weighted by Crippen LogP contribution is 2.64. The molecule has 3 heterocycles. The average molecular weight is 418 g/mol. The first-order valence-electron chi connectivity index (χ1n) is 10.9. The van der Waals surface area contributed by atoms with Crippen LogP contribution in [0.2, 0.25) is 0 Å². The summed E-state index contributed by atoms with van der Waals surface area (Å²) in [5, 5.41) is 26.2. The number of carbonyl (C=O) groups is 2. The van der Waals surface area contributed by atoms with E-state index >= 15 is 0 Å². The Hall–Kier alpha value is -2.90. The standard InChI is InChI=1S/C24H22N2O5/c27-16-6-5-12-11-17-24(30)8-7-15(20-23(24,9-10-25-17)18(12)19(16)31-20)26-21(28)13-3-1-2-4-14(13)22(26)29/h1-6,15,17,20,25,27,30H,7-11H2/t15-,17+,20+,23+,24-/m1/s1. The van der Waals surface area contributed by atoms with E-state index in [1.807, 2.05) is 6.07 Å². The molecule has 1 spiro atoms. The van der Waals surface area contributed by atoms with Gasteiger partial charge in [0, 0.05) is 11.6 Å². The number of ether oxygens (including phenoxy) is 1. The summed E-state index contributed by atoms with van der Waals surface area (Å²) in [6.45, 7) is 0.705. The lowest BCUT2D eigenvalue weighted by Gasteiger charge is -2.62. The van der Waals surface area contributed by atoms with E-state index < -0.39 is 23.2 Å². The van der Waals surface area contributed by atoms with Gasteiger partial charge in [-0.25, -0.2) is 0 Å². The van der Waals surface area contributed by atoms with Gasteiger partial charge in [-0.3, -0.25) is 14.5 Å². The highest BCUT2D eigenvalue weighted by Gasteiger charge is 2.73. The van der Waals surface area contributed by atoms with Gasteiger partial charge in [0.2, 0.25) is 0 Å². The summed E-state index contributed by atoms with van der Waals surface area (Å²) < 4.78 is 6.41. The molecule has 2 aliphatic carbocycles. The van der Waals surface area contributed by atoms with Gasteiger partial charge in [0.1, 0.15) is 6.10 Å². The predicted molar refractivity (Wildman–Crippen MR) is 109 cm³/mol. The molecular weight excluding hydrogens is 396 g/mol. The highest BCUT2D eigenvalue weighted by molar-refractivity contribution is 6.21. The second-order valence-corrected chi connectivity index (χ2v) is 9.47. The van der Waals surface area contributed by atoms with Crippen LogP contribution >= 0.6 is 0 Å². The fraction of sp³-hybridized carbons (Fsp3) is 0.417. The van der Waals surface area contributed by atoms with Crippen LogP contribution in [0.3, 0.4) is 0 Å². The normalized spacial score (nSPS) is 36.8. The van der Waals surface area contributed by atoms with Gasteiger partial charge in [0.25, 0.3) is 11.8 Å². The minimum atomic E-state index is -1.06. The second kappa shape index (κ2) is 5.47. The Morgan fingerprint density at radius 3 is 2.55 bits per heavy atom. The van der Waals surface area contributed by atoms with Crippen molar-refractivity contribution >= 4 is 11.8 Å². The van der Waals surface area contributed by atoms with Crippen LogP contribution in [0.1, 0.15) is 51.1 Å². The Morgan fingerprint density at radius 2 is 1.81 bits per heavy atom. The van der Waals surface area contributed by atoms with Crippen LogP contribution in [0.15, 0.2) is 36.4 Å². The van der Waals surface area contributed by atoms with Gasteiger partial charge in [-0.1, -0.05) is 18.2 Å². The maximum Gasteiger partial charge on any atom is 0.261 e. The molecule has 2 fully saturated rings. The third kappa shape index (κ3) is 1.81. The third-order valence-electron chi connectivity index (χ3n) is 8.41. The van der Waals surface area contributed by atoms with Crippen molar-refractivity contribution in [1.29, 1.82) is 0 Å². The van der Waals surface area contributed by atoms with E-state index in [-0.39, 0.29) is 23.6 Å². The highest BCUT2D eigenvalue weighted by atomic mass is 16.5. The second-order valence-electron chi connectivity index (χ2n) is 9.47. The number of nitrogens with one attached hydrogen (secondary N) is 1. The van der Waals surface area contributed by atoms with E-state index in [0.29, 0.717) is 49.1 Å². The molecular formula is C24H22N2O5. The summed E-state index contributed by atoms with van der Waals surface area (Å²) in [4.78, 5) is 27.9. The molecule has 0 aromatic heterocycles. The number of carbonyl (C=O) groups excluding carboxylic acids is 2. The number of imide groups is 1. The number of aliphatic hydroxyl groups is 1. The van der Waals surface area contributed by atoms with Crippen LogP contribution in [0.25, 0.3) is 0 Å². The van der Waals surface area contributed by atoms with Crippen molar-refractivity contribution in [1.82, 2.24) is 10.2 Å². The Morgan fingerprint density at radius 1 is 1.06 bits per heavy atom. The van der Waals surface area contributed by atoms with Gasteiger partial charge in [0.15, 0.2) is 11.5 Å². The number of aromatic hydroxyl groups is 1. The fourth-order valence-corrected chi connectivity index (χ4v) is 7.19. The zero-order valence-corrected chi connectivity index (χ0v) is 16.8. The molecule has 7 nitrogen and oxygen atoms in total. The number of hydrogen-bond acceptors (Lipinski definition) is 6. The van der Waals surface area contributed by atoms with Crippen molar-refractivity contribution in [3.8, 4) is 11.5 Å². The zero-order chi connectivity index (χ0) is 21.1. The third-order valence-corrected chi connectivity index (χ3v) is 8.41. The lowest BCUT2D eigenvalue weighted by Crippen LogP contribution is -2.78. The summed E-state index contributed by atoms with van der Waals surface area (Å²) >= 11 is 0. The summed E-state index contributed by atoms with van der Waals surface area (Å²) in [5.41, 5.74) is 0.938. The number of fused-ring (bicyclic) bond motifs is 1. The van der Waals surface area contributed by atoms with E-state index in [4.69, 9.17) is 4.74 Å². The average Bonchev–Trinajstić information content (AvgIpc) is 3.23. The quantitative estimate of drug-likeness (QED) is 0.607. The van der Waals surface area contributed by atoms with Crippen LogP contribution in [0.5, 0.6) is 11.5 Å².